The largest absolute Gasteiger partial charge is 0.393 e. The van der Waals surface area contributed by atoms with Gasteiger partial charge in [0.25, 0.3) is 0 Å². The van der Waals surface area contributed by atoms with Gasteiger partial charge in [0.15, 0.2) is 0 Å². The fourth-order valence-corrected chi connectivity index (χ4v) is 3.96. The standard InChI is InChI=1S/C21H28N4O/c26-19-10-18(11-19)20-12-21(24-15-23-20)22-13-16-6-8-25(9-7-16)14-17-4-2-1-3-5-17/h1-5,12,15-16,18-19,26H,6-11,13-14H2,(H,22,23,24). The minimum Gasteiger partial charge on any atom is -0.393 e. The van der Waals surface area contributed by atoms with Crippen LogP contribution in [0.3, 0.4) is 0 Å². The van der Waals surface area contributed by atoms with E-state index in [4.69, 9.17) is 0 Å². The van der Waals surface area contributed by atoms with Crippen molar-refractivity contribution < 1.29 is 5.11 Å². The second-order valence-corrected chi connectivity index (χ2v) is 7.74. The Kier molecular flexibility index (Phi) is 5.46. The van der Waals surface area contributed by atoms with Crippen molar-refractivity contribution in [1.82, 2.24) is 14.9 Å². The Hall–Kier alpha value is -1.98. The maximum atomic E-state index is 9.47. The van der Waals surface area contributed by atoms with Crippen molar-refractivity contribution in [2.75, 3.05) is 25.0 Å². The molecule has 0 atom stereocenters. The molecule has 5 heteroatoms. The van der Waals surface area contributed by atoms with Crippen molar-refractivity contribution in [3.8, 4) is 0 Å². The van der Waals surface area contributed by atoms with Gasteiger partial charge < -0.3 is 10.4 Å². The fourth-order valence-electron chi connectivity index (χ4n) is 3.96. The second kappa shape index (κ2) is 8.14. The first-order chi connectivity index (χ1) is 12.8. The quantitative estimate of drug-likeness (QED) is 0.837. The summed E-state index contributed by atoms with van der Waals surface area (Å²) >= 11 is 0. The predicted octanol–water partition coefficient (Wildman–Crippen LogP) is 3.04. The lowest BCUT2D eigenvalue weighted by Gasteiger charge is -2.32. The van der Waals surface area contributed by atoms with Crippen molar-refractivity contribution in [3.05, 3.63) is 54.0 Å². The number of hydrogen-bond donors (Lipinski definition) is 2. The third kappa shape index (κ3) is 4.40. The normalized spacial score (nSPS) is 24.2. The molecule has 2 N–H and O–H groups in total. The van der Waals surface area contributed by atoms with Crippen LogP contribution in [-0.4, -0.2) is 45.7 Å². The second-order valence-electron chi connectivity index (χ2n) is 7.74. The molecular formula is C21H28N4O. The lowest BCUT2D eigenvalue weighted by molar-refractivity contribution is 0.0732. The molecule has 2 heterocycles. The van der Waals surface area contributed by atoms with Crippen LogP contribution < -0.4 is 5.32 Å². The Morgan fingerprint density at radius 1 is 1.08 bits per heavy atom. The molecule has 5 nitrogen and oxygen atoms in total. The van der Waals surface area contributed by atoms with Crippen molar-refractivity contribution >= 4 is 5.82 Å². The van der Waals surface area contributed by atoms with E-state index in [1.807, 2.05) is 0 Å². The third-order valence-corrected chi connectivity index (χ3v) is 5.75. The molecule has 0 unspecified atom stereocenters. The van der Waals surface area contributed by atoms with Crippen molar-refractivity contribution in [3.63, 3.8) is 0 Å². The van der Waals surface area contributed by atoms with Gasteiger partial charge in [-0.2, -0.15) is 0 Å². The number of hydrogen-bond acceptors (Lipinski definition) is 5. The van der Waals surface area contributed by atoms with E-state index in [1.54, 1.807) is 6.33 Å². The average molecular weight is 352 g/mol. The number of likely N-dealkylation sites (tertiary alicyclic amines) is 1. The van der Waals surface area contributed by atoms with E-state index in [2.05, 4.69) is 56.6 Å². The van der Waals surface area contributed by atoms with E-state index in [1.165, 1.54) is 18.4 Å². The highest BCUT2D eigenvalue weighted by molar-refractivity contribution is 5.36. The van der Waals surface area contributed by atoms with Gasteiger partial charge in [-0.25, -0.2) is 9.97 Å². The Morgan fingerprint density at radius 3 is 2.58 bits per heavy atom. The lowest BCUT2D eigenvalue weighted by Crippen LogP contribution is -2.35. The molecule has 4 rings (SSSR count). The number of anilines is 1. The minimum absolute atomic E-state index is 0.146. The maximum Gasteiger partial charge on any atom is 0.129 e. The topological polar surface area (TPSA) is 61.3 Å². The van der Waals surface area contributed by atoms with E-state index in [0.29, 0.717) is 11.8 Å². The summed E-state index contributed by atoms with van der Waals surface area (Å²) in [5.41, 5.74) is 2.46. The van der Waals surface area contributed by atoms with E-state index >= 15 is 0 Å². The van der Waals surface area contributed by atoms with Crippen LogP contribution in [0.4, 0.5) is 5.82 Å². The highest BCUT2D eigenvalue weighted by Gasteiger charge is 2.29. The Morgan fingerprint density at radius 2 is 1.85 bits per heavy atom. The van der Waals surface area contributed by atoms with Gasteiger partial charge in [-0.05, 0) is 50.3 Å². The SMILES string of the molecule is OC1CC(c2cc(NCC3CCN(Cc4ccccc4)CC3)ncn2)C1. The van der Waals surface area contributed by atoms with Gasteiger partial charge in [0, 0.05) is 30.8 Å². The summed E-state index contributed by atoms with van der Waals surface area (Å²) in [6.07, 6.45) is 5.61. The van der Waals surface area contributed by atoms with Gasteiger partial charge in [-0.1, -0.05) is 30.3 Å². The molecular weight excluding hydrogens is 324 g/mol. The van der Waals surface area contributed by atoms with Crippen molar-refractivity contribution in [2.45, 2.75) is 44.2 Å². The van der Waals surface area contributed by atoms with E-state index in [0.717, 1.165) is 50.5 Å². The molecule has 0 radical (unpaired) electrons. The zero-order valence-electron chi connectivity index (χ0n) is 15.2. The molecule has 1 saturated carbocycles. The highest BCUT2D eigenvalue weighted by atomic mass is 16.3. The van der Waals surface area contributed by atoms with Crippen LogP contribution in [0.2, 0.25) is 0 Å². The van der Waals surface area contributed by atoms with Crippen LogP contribution in [0.1, 0.15) is 42.9 Å². The van der Waals surface area contributed by atoms with Crippen LogP contribution in [0.25, 0.3) is 0 Å². The number of aliphatic hydroxyl groups is 1. The van der Waals surface area contributed by atoms with Gasteiger partial charge in [0.1, 0.15) is 12.1 Å². The number of nitrogens with one attached hydrogen (secondary N) is 1. The smallest absolute Gasteiger partial charge is 0.129 e. The highest BCUT2D eigenvalue weighted by Crippen LogP contribution is 2.36. The summed E-state index contributed by atoms with van der Waals surface area (Å²) in [5.74, 6) is 2.02. The van der Waals surface area contributed by atoms with Crippen molar-refractivity contribution in [2.24, 2.45) is 5.92 Å². The Labute approximate surface area is 155 Å². The number of benzene rings is 1. The molecule has 0 amide bonds. The van der Waals surface area contributed by atoms with Crippen LogP contribution in [-0.2, 0) is 6.54 Å². The monoisotopic (exact) mass is 352 g/mol. The van der Waals surface area contributed by atoms with Crippen LogP contribution >= 0.6 is 0 Å². The first-order valence-electron chi connectivity index (χ1n) is 9.76. The van der Waals surface area contributed by atoms with Gasteiger partial charge in [0.05, 0.1) is 6.10 Å². The molecule has 138 valence electrons. The molecule has 2 aliphatic rings. The Bertz CT molecular complexity index is 694. The molecule has 1 saturated heterocycles. The van der Waals surface area contributed by atoms with Gasteiger partial charge in [-0.15, -0.1) is 0 Å². The molecule has 26 heavy (non-hydrogen) atoms. The van der Waals surface area contributed by atoms with Gasteiger partial charge in [0.2, 0.25) is 0 Å². The molecule has 0 bridgehead atoms. The summed E-state index contributed by atoms with van der Waals surface area (Å²) in [5, 5.41) is 13.0. The first kappa shape index (κ1) is 17.4. The lowest BCUT2D eigenvalue weighted by atomic mass is 9.80. The predicted molar refractivity (Wildman–Crippen MR) is 103 cm³/mol. The number of piperidine rings is 1. The van der Waals surface area contributed by atoms with Gasteiger partial charge in [-0.3, -0.25) is 4.90 Å². The molecule has 1 aliphatic carbocycles. The number of rotatable bonds is 6. The molecule has 1 aromatic heterocycles. The summed E-state index contributed by atoms with van der Waals surface area (Å²) in [6, 6.07) is 12.8. The molecule has 2 aromatic rings. The van der Waals surface area contributed by atoms with Crippen LogP contribution in [0.15, 0.2) is 42.7 Å². The average Bonchev–Trinajstić information content (AvgIpc) is 2.66. The summed E-state index contributed by atoms with van der Waals surface area (Å²) in [4.78, 5) is 11.3. The zero-order valence-corrected chi connectivity index (χ0v) is 15.2. The van der Waals surface area contributed by atoms with E-state index in [-0.39, 0.29) is 6.10 Å². The molecule has 1 aliphatic heterocycles. The van der Waals surface area contributed by atoms with Crippen LogP contribution in [0, 0.1) is 5.92 Å². The fraction of sp³-hybridized carbons (Fsp3) is 0.524. The van der Waals surface area contributed by atoms with E-state index < -0.39 is 0 Å². The summed E-state index contributed by atoms with van der Waals surface area (Å²) in [7, 11) is 0. The third-order valence-electron chi connectivity index (χ3n) is 5.75. The number of aromatic nitrogens is 2. The first-order valence-corrected chi connectivity index (χ1v) is 9.76. The molecule has 2 fully saturated rings. The summed E-state index contributed by atoms with van der Waals surface area (Å²) in [6.45, 7) is 4.36. The Balaban J connectivity index is 1.22. The number of aliphatic hydroxyl groups excluding tert-OH is 1. The van der Waals surface area contributed by atoms with Crippen LogP contribution in [0.5, 0.6) is 0 Å². The van der Waals surface area contributed by atoms with Gasteiger partial charge >= 0.3 is 0 Å². The summed E-state index contributed by atoms with van der Waals surface area (Å²) < 4.78 is 0. The zero-order chi connectivity index (χ0) is 17.8. The van der Waals surface area contributed by atoms with E-state index in [9.17, 15) is 5.11 Å². The number of nitrogens with zero attached hydrogens (tertiary/aromatic N) is 3. The maximum absolute atomic E-state index is 9.47. The molecule has 0 spiro atoms. The molecule has 1 aromatic carbocycles. The minimum atomic E-state index is -0.146. The van der Waals surface area contributed by atoms with Crippen molar-refractivity contribution in [1.29, 1.82) is 0 Å².